The van der Waals surface area contributed by atoms with Crippen molar-refractivity contribution < 1.29 is 8.85 Å². The molecule has 44 heavy (non-hydrogen) atoms. The molecule has 4 heteroatoms. The van der Waals surface area contributed by atoms with Gasteiger partial charge in [0.15, 0.2) is 8.32 Å². The molecule has 0 fully saturated rings. The van der Waals surface area contributed by atoms with Crippen molar-refractivity contribution >= 4 is 33.1 Å². The van der Waals surface area contributed by atoms with Crippen molar-refractivity contribution in [3.05, 3.63) is 102 Å². The highest BCUT2D eigenvalue weighted by Gasteiger charge is 2.51. The van der Waals surface area contributed by atoms with Gasteiger partial charge in [0.1, 0.15) is 0 Å². The van der Waals surface area contributed by atoms with Crippen molar-refractivity contribution in [1.82, 2.24) is 0 Å². The monoisotopic (exact) mass is 628 g/mol. The van der Waals surface area contributed by atoms with Gasteiger partial charge in [-0.2, -0.15) is 0 Å². The second-order valence-electron chi connectivity index (χ2n) is 15.0. The molecule has 0 aliphatic heterocycles. The number of benzene rings is 3. The molecule has 3 aromatic rings. The molecule has 0 aliphatic rings. The van der Waals surface area contributed by atoms with Gasteiger partial charge in [-0.15, -0.1) is 0 Å². The Kier molecular flexibility index (Phi) is 13.5. The van der Waals surface area contributed by atoms with Gasteiger partial charge in [-0.3, -0.25) is 0 Å². The molecule has 0 saturated carbocycles. The third-order valence-electron chi connectivity index (χ3n) is 9.45. The summed E-state index contributed by atoms with van der Waals surface area (Å²) in [4.78, 5) is 0. The molecule has 0 bridgehead atoms. The SMILES string of the molecule is CCCCCCCCC(/C=C/c1cccc(CO[Si](C)(C)C(C)(C)C)c1)O[Si](c1ccccc1)(c1ccccc1)C(C)(C)C. The van der Waals surface area contributed by atoms with Crippen LogP contribution in [0.5, 0.6) is 0 Å². The van der Waals surface area contributed by atoms with E-state index in [1.807, 2.05) is 0 Å². The quantitative estimate of drug-likeness (QED) is 0.116. The lowest BCUT2D eigenvalue weighted by atomic mass is 10.1. The van der Waals surface area contributed by atoms with E-state index in [0.717, 1.165) is 6.42 Å². The molecule has 1 unspecified atom stereocenters. The summed E-state index contributed by atoms with van der Waals surface area (Å²) in [6, 6.07) is 30.9. The van der Waals surface area contributed by atoms with E-state index in [2.05, 4.69) is 159 Å². The van der Waals surface area contributed by atoms with Gasteiger partial charge in [-0.25, -0.2) is 0 Å². The summed E-state index contributed by atoms with van der Waals surface area (Å²) in [5, 5.41) is 2.82. The summed E-state index contributed by atoms with van der Waals surface area (Å²) >= 11 is 0. The summed E-state index contributed by atoms with van der Waals surface area (Å²) in [6.07, 6.45) is 13.4. The van der Waals surface area contributed by atoms with Gasteiger partial charge in [-0.1, -0.05) is 178 Å². The fraction of sp³-hybridized carbons (Fsp3) is 0.500. The Morgan fingerprint density at radius 1 is 0.682 bits per heavy atom. The van der Waals surface area contributed by atoms with Crippen LogP contribution in [0.15, 0.2) is 91.0 Å². The molecule has 0 radical (unpaired) electrons. The normalized spacial score (nSPS) is 13.8. The van der Waals surface area contributed by atoms with E-state index in [1.165, 1.54) is 60.0 Å². The van der Waals surface area contributed by atoms with Crippen molar-refractivity contribution in [1.29, 1.82) is 0 Å². The molecule has 0 saturated heterocycles. The van der Waals surface area contributed by atoms with Crippen molar-refractivity contribution in [3.63, 3.8) is 0 Å². The lowest BCUT2D eigenvalue weighted by Gasteiger charge is -2.45. The number of hydrogen-bond acceptors (Lipinski definition) is 2. The summed E-state index contributed by atoms with van der Waals surface area (Å²) in [6.45, 7) is 21.6. The number of hydrogen-bond donors (Lipinski definition) is 0. The van der Waals surface area contributed by atoms with Crippen LogP contribution in [-0.4, -0.2) is 22.7 Å². The highest BCUT2D eigenvalue weighted by molar-refractivity contribution is 6.99. The minimum atomic E-state index is -2.66. The Bertz CT molecular complexity index is 1230. The topological polar surface area (TPSA) is 18.5 Å². The van der Waals surface area contributed by atoms with Gasteiger partial charge in [0, 0.05) is 0 Å². The first-order chi connectivity index (χ1) is 20.8. The van der Waals surface area contributed by atoms with Crippen LogP contribution in [0.1, 0.15) is 105 Å². The van der Waals surface area contributed by atoms with E-state index in [4.69, 9.17) is 8.85 Å². The van der Waals surface area contributed by atoms with Crippen LogP contribution in [0.25, 0.3) is 6.08 Å². The molecular weight excluding hydrogens is 569 g/mol. The Hall–Kier alpha value is -2.25. The molecular formula is C40H60O2Si2. The van der Waals surface area contributed by atoms with Crippen molar-refractivity contribution in [3.8, 4) is 0 Å². The minimum absolute atomic E-state index is 0.0274. The summed E-state index contributed by atoms with van der Waals surface area (Å²) in [5.41, 5.74) is 2.44. The Labute approximate surface area is 272 Å². The zero-order chi connectivity index (χ0) is 32.3. The van der Waals surface area contributed by atoms with E-state index in [0.29, 0.717) is 6.61 Å². The second kappa shape index (κ2) is 16.4. The van der Waals surface area contributed by atoms with Crippen LogP contribution in [-0.2, 0) is 15.5 Å². The van der Waals surface area contributed by atoms with Gasteiger partial charge in [0.25, 0.3) is 8.32 Å². The largest absolute Gasteiger partial charge is 0.413 e. The van der Waals surface area contributed by atoms with Crippen molar-refractivity contribution in [2.75, 3.05) is 0 Å². The molecule has 0 N–H and O–H groups in total. The lowest BCUT2D eigenvalue weighted by molar-refractivity contribution is 0.219. The highest BCUT2D eigenvalue weighted by atomic mass is 28.4. The van der Waals surface area contributed by atoms with Gasteiger partial charge in [-0.05, 0) is 57.2 Å². The Morgan fingerprint density at radius 3 is 1.80 bits per heavy atom. The van der Waals surface area contributed by atoms with Crippen LogP contribution in [0.4, 0.5) is 0 Å². The molecule has 2 nitrogen and oxygen atoms in total. The van der Waals surface area contributed by atoms with Crippen LogP contribution in [0.3, 0.4) is 0 Å². The molecule has 240 valence electrons. The van der Waals surface area contributed by atoms with E-state index >= 15 is 0 Å². The molecule has 0 aromatic heterocycles. The summed E-state index contributed by atoms with van der Waals surface area (Å²) < 4.78 is 14.2. The number of rotatable bonds is 16. The maximum Gasteiger partial charge on any atom is 0.261 e. The van der Waals surface area contributed by atoms with Crippen molar-refractivity contribution in [2.24, 2.45) is 0 Å². The first kappa shape index (κ1) is 36.2. The predicted molar refractivity (Wildman–Crippen MR) is 198 cm³/mol. The molecule has 0 amide bonds. The second-order valence-corrected chi connectivity index (χ2v) is 24.1. The van der Waals surface area contributed by atoms with Gasteiger partial charge < -0.3 is 8.85 Å². The van der Waals surface area contributed by atoms with Crippen LogP contribution < -0.4 is 10.4 Å². The maximum absolute atomic E-state index is 7.62. The average molecular weight is 629 g/mol. The Morgan fingerprint density at radius 2 is 1.25 bits per heavy atom. The molecule has 3 aromatic carbocycles. The van der Waals surface area contributed by atoms with Crippen LogP contribution in [0.2, 0.25) is 23.2 Å². The smallest absolute Gasteiger partial charge is 0.261 e. The van der Waals surface area contributed by atoms with Crippen molar-refractivity contribution in [2.45, 2.75) is 129 Å². The summed E-state index contributed by atoms with van der Waals surface area (Å²) in [5.74, 6) is 0. The first-order valence-electron chi connectivity index (χ1n) is 17.0. The van der Waals surface area contributed by atoms with Gasteiger partial charge in [0.2, 0.25) is 0 Å². The van der Waals surface area contributed by atoms with E-state index in [9.17, 15) is 0 Å². The standard InChI is InChI=1S/C40H60O2Si2/c1-10-11-12-13-14-17-25-36(31-30-34-23-22-24-35(32-34)33-41-43(8,9)39(2,3)4)42-44(40(5,6)7,37-26-18-15-19-27-37)38-28-20-16-21-29-38/h15-16,18-24,26-32,36H,10-14,17,25,33H2,1-9H3/b31-30+. The zero-order valence-electron chi connectivity index (χ0n) is 29.3. The van der Waals surface area contributed by atoms with E-state index < -0.39 is 16.6 Å². The third kappa shape index (κ3) is 9.88. The Balaban J connectivity index is 1.95. The van der Waals surface area contributed by atoms with Gasteiger partial charge >= 0.3 is 0 Å². The van der Waals surface area contributed by atoms with E-state index in [-0.39, 0.29) is 16.2 Å². The van der Waals surface area contributed by atoms with Gasteiger partial charge in [0.05, 0.1) is 12.7 Å². The molecule has 1 atom stereocenters. The predicted octanol–water partition coefficient (Wildman–Crippen LogP) is 10.9. The summed E-state index contributed by atoms with van der Waals surface area (Å²) in [7, 11) is -4.47. The first-order valence-corrected chi connectivity index (χ1v) is 21.8. The van der Waals surface area contributed by atoms with E-state index in [1.54, 1.807) is 0 Å². The molecule has 0 spiro atoms. The minimum Gasteiger partial charge on any atom is -0.413 e. The number of unbranched alkanes of at least 4 members (excludes halogenated alkanes) is 5. The molecule has 0 heterocycles. The third-order valence-corrected chi connectivity index (χ3v) is 19.0. The fourth-order valence-electron chi connectivity index (χ4n) is 5.72. The fourth-order valence-corrected chi connectivity index (χ4v) is 11.3. The van der Waals surface area contributed by atoms with Crippen LogP contribution >= 0.6 is 0 Å². The molecule has 3 rings (SSSR count). The highest BCUT2D eigenvalue weighted by Crippen LogP contribution is 2.39. The maximum atomic E-state index is 7.62. The average Bonchev–Trinajstić information content (AvgIpc) is 2.99. The zero-order valence-corrected chi connectivity index (χ0v) is 31.3. The van der Waals surface area contributed by atoms with Crippen LogP contribution in [0, 0.1) is 0 Å². The lowest BCUT2D eigenvalue weighted by Crippen LogP contribution is -2.67. The molecule has 0 aliphatic carbocycles.